The topological polar surface area (TPSA) is 72.2 Å². The van der Waals surface area contributed by atoms with Gasteiger partial charge in [-0.1, -0.05) is 42.5 Å². The highest BCUT2D eigenvalue weighted by atomic mass is 32.2. The Kier molecular flexibility index (Phi) is 3.36. The van der Waals surface area contributed by atoms with Crippen LogP contribution < -0.4 is 9.86 Å². The smallest absolute Gasteiger partial charge is 0.271 e. The first-order valence-corrected chi connectivity index (χ1v) is 6.97. The van der Waals surface area contributed by atoms with Crippen molar-refractivity contribution in [3.05, 3.63) is 54.1 Å². The van der Waals surface area contributed by atoms with Crippen molar-refractivity contribution in [1.82, 2.24) is 0 Å². The van der Waals surface area contributed by atoms with Gasteiger partial charge < -0.3 is 0 Å². The summed E-state index contributed by atoms with van der Waals surface area (Å²) < 4.78 is 24.4. The number of aryl methyl sites for hydroxylation is 1. The van der Waals surface area contributed by atoms with Crippen LogP contribution in [-0.4, -0.2) is 8.42 Å². The maximum atomic E-state index is 11.1. The van der Waals surface area contributed by atoms with Crippen LogP contribution in [0.4, 0.5) is 5.69 Å². The zero-order chi connectivity index (χ0) is 13.2. The Morgan fingerprint density at radius 3 is 2.28 bits per heavy atom. The summed E-state index contributed by atoms with van der Waals surface area (Å²) in [7, 11) is -3.75. The number of hydrogen-bond donors (Lipinski definition) is 2. The molecule has 0 aliphatic rings. The summed E-state index contributed by atoms with van der Waals surface area (Å²) in [6.45, 7) is 1.82. The minimum absolute atomic E-state index is 0.499. The quantitative estimate of drug-likeness (QED) is 0.890. The van der Waals surface area contributed by atoms with Gasteiger partial charge in [0.25, 0.3) is 10.2 Å². The molecule has 94 valence electrons. The minimum atomic E-state index is -3.75. The Balaban J connectivity index is 2.44. The molecular formula is C13H14N2O2S. The van der Waals surface area contributed by atoms with E-state index in [0.29, 0.717) is 5.69 Å². The lowest BCUT2D eigenvalue weighted by Gasteiger charge is -2.10. The van der Waals surface area contributed by atoms with Crippen LogP contribution in [0, 0.1) is 6.92 Å². The normalized spacial score (nSPS) is 11.2. The summed E-state index contributed by atoms with van der Waals surface area (Å²) in [6, 6.07) is 15.3. The molecule has 2 aromatic carbocycles. The van der Waals surface area contributed by atoms with Crippen molar-refractivity contribution in [3.63, 3.8) is 0 Å². The van der Waals surface area contributed by atoms with Crippen molar-refractivity contribution in [2.45, 2.75) is 6.92 Å². The summed E-state index contributed by atoms with van der Waals surface area (Å²) in [5.41, 5.74) is 3.28. The first-order chi connectivity index (χ1) is 8.46. The molecule has 0 bridgehead atoms. The molecule has 0 aliphatic carbocycles. The maximum absolute atomic E-state index is 11.1. The third-order valence-corrected chi connectivity index (χ3v) is 3.10. The predicted molar refractivity (Wildman–Crippen MR) is 73.3 cm³/mol. The largest absolute Gasteiger partial charge is 0.296 e. The fraction of sp³-hybridized carbons (Fsp3) is 0.0769. The van der Waals surface area contributed by atoms with E-state index in [1.54, 1.807) is 6.07 Å². The minimum Gasteiger partial charge on any atom is -0.271 e. The molecule has 0 heterocycles. The van der Waals surface area contributed by atoms with E-state index in [9.17, 15) is 8.42 Å². The molecule has 0 radical (unpaired) electrons. The lowest BCUT2D eigenvalue weighted by molar-refractivity contribution is 0.603. The molecule has 3 N–H and O–H groups in total. The van der Waals surface area contributed by atoms with Crippen molar-refractivity contribution in [2.75, 3.05) is 4.72 Å². The van der Waals surface area contributed by atoms with Crippen LogP contribution in [0.25, 0.3) is 11.1 Å². The molecule has 0 saturated carbocycles. The summed E-state index contributed by atoms with van der Waals surface area (Å²) >= 11 is 0. The van der Waals surface area contributed by atoms with Gasteiger partial charge in [-0.2, -0.15) is 8.42 Å². The van der Waals surface area contributed by atoms with Crippen molar-refractivity contribution < 1.29 is 8.42 Å². The summed E-state index contributed by atoms with van der Waals surface area (Å²) in [5, 5.41) is 4.99. The van der Waals surface area contributed by atoms with E-state index >= 15 is 0 Å². The SMILES string of the molecule is Cc1ccc(-c2ccccc2)cc1NS(N)(=O)=O. The molecule has 0 amide bonds. The monoisotopic (exact) mass is 262 g/mol. The molecule has 4 nitrogen and oxygen atoms in total. The van der Waals surface area contributed by atoms with Gasteiger partial charge in [-0.3, -0.25) is 4.72 Å². The molecule has 18 heavy (non-hydrogen) atoms. The zero-order valence-corrected chi connectivity index (χ0v) is 10.7. The Hall–Kier alpha value is -1.85. The first kappa shape index (κ1) is 12.6. The van der Waals surface area contributed by atoms with Gasteiger partial charge in [-0.05, 0) is 29.7 Å². The predicted octanol–water partition coefficient (Wildman–Crippen LogP) is 2.28. The van der Waals surface area contributed by atoms with Crippen LogP contribution in [0.3, 0.4) is 0 Å². The molecule has 5 heteroatoms. The third kappa shape index (κ3) is 3.09. The van der Waals surface area contributed by atoms with Gasteiger partial charge in [0, 0.05) is 0 Å². The van der Waals surface area contributed by atoms with Crippen LogP contribution in [0.1, 0.15) is 5.56 Å². The van der Waals surface area contributed by atoms with E-state index in [0.717, 1.165) is 16.7 Å². The number of nitrogens with two attached hydrogens (primary N) is 1. The molecule has 0 aliphatic heterocycles. The van der Waals surface area contributed by atoms with Crippen LogP contribution in [-0.2, 0) is 10.2 Å². The molecule has 0 unspecified atom stereocenters. The zero-order valence-electron chi connectivity index (χ0n) is 9.92. The highest BCUT2D eigenvalue weighted by Crippen LogP contribution is 2.25. The second kappa shape index (κ2) is 4.80. The fourth-order valence-electron chi connectivity index (χ4n) is 1.70. The van der Waals surface area contributed by atoms with Crippen molar-refractivity contribution in [1.29, 1.82) is 0 Å². The average molecular weight is 262 g/mol. The van der Waals surface area contributed by atoms with E-state index in [2.05, 4.69) is 4.72 Å². The van der Waals surface area contributed by atoms with E-state index in [4.69, 9.17) is 5.14 Å². The Morgan fingerprint density at radius 1 is 1.00 bits per heavy atom. The number of benzene rings is 2. The van der Waals surface area contributed by atoms with E-state index in [1.165, 1.54) is 0 Å². The highest BCUT2D eigenvalue weighted by molar-refractivity contribution is 7.90. The van der Waals surface area contributed by atoms with Crippen LogP contribution >= 0.6 is 0 Å². The molecule has 2 aromatic rings. The first-order valence-electron chi connectivity index (χ1n) is 5.42. The standard InChI is InChI=1S/C13H14N2O2S/c1-10-7-8-12(11-5-3-2-4-6-11)9-13(10)15-18(14,16)17/h2-9,15H,1H3,(H2,14,16,17). The molecule has 0 aromatic heterocycles. The second-order valence-corrected chi connectivity index (χ2v) is 5.34. The molecule has 0 spiro atoms. The second-order valence-electron chi connectivity index (χ2n) is 4.04. The number of nitrogens with one attached hydrogen (secondary N) is 1. The number of rotatable bonds is 3. The van der Waals surface area contributed by atoms with Gasteiger partial charge in [0.15, 0.2) is 0 Å². The lowest BCUT2D eigenvalue weighted by atomic mass is 10.0. The molecule has 2 rings (SSSR count). The van der Waals surface area contributed by atoms with Gasteiger partial charge in [0.05, 0.1) is 5.69 Å². The van der Waals surface area contributed by atoms with Crippen LogP contribution in [0.15, 0.2) is 48.5 Å². The third-order valence-electron chi connectivity index (χ3n) is 2.60. The summed E-state index contributed by atoms with van der Waals surface area (Å²) in [5.74, 6) is 0. The van der Waals surface area contributed by atoms with Crippen LogP contribution in [0.2, 0.25) is 0 Å². The van der Waals surface area contributed by atoms with Gasteiger partial charge in [-0.25, -0.2) is 5.14 Å². The Bertz CT molecular complexity index is 652. The maximum Gasteiger partial charge on any atom is 0.296 e. The Morgan fingerprint density at radius 2 is 1.67 bits per heavy atom. The lowest BCUT2D eigenvalue weighted by Crippen LogP contribution is -2.22. The fourth-order valence-corrected chi connectivity index (χ4v) is 2.22. The van der Waals surface area contributed by atoms with E-state index in [-0.39, 0.29) is 0 Å². The van der Waals surface area contributed by atoms with Gasteiger partial charge in [0.2, 0.25) is 0 Å². The van der Waals surface area contributed by atoms with Gasteiger partial charge in [0.1, 0.15) is 0 Å². The molecule has 0 saturated heterocycles. The Labute approximate surface area is 107 Å². The van der Waals surface area contributed by atoms with E-state index < -0.39 is 10.2 Å². The van der Waals surface area contributed by atoms with Crippen molar-refractivity contribution >= 4 is 15.9 Å². The van der Waals surface area contributed by atoms with Gasteiger partial charge >= 0.3 is 0 Å². The molecular weight excluding hydrogens is 248 g/mol. The molecule has 0 fully saturated rings. The van der Waals surface area contributed by atoms with Crippen molar-refractivity contribution in [3.8, 4) is 11.1 Å². The highest BCUT2D eigenvalue weighted by Gasteiger charge is 2.07. The van der Waals surface area contributed by atoms with Gasteiger partial charge in [-0.15, -0.1) is 0 Å². The average Bonchev–Trinajstić information content (AvgIpc) is 2.31. The van der Waals surface area contributed by atoms with Crippen LogP contribution in [0.5, 0.6) is 0 Å². The summed E-state index contributed by atoms with van der Waals surface area (Å²) in [4.78, 5) is 0. The summed E-state index contributed by atoms with van der Waals surface area (Å²) in [6.07, 6.45) is 0. The van der Waals surface area contributed by atoms with E-state index in [1.807, 2.05) is 49.4 Å². The molecule has 0 atom stereocenters. The number of hydrogen-bond acceptors (Lipinski definition) is 2. The number of anilines is 1. The van der Waals surface area contributed by atoms with Crippen molar-refractivity contribution in [2.24, 2.45) is 5.14 Å².